The Morgan fingerprint density at radius 2 is 1.71 bits per heavy atom. The fourth-order valence-electron chi connectivity index (χ4n) is 5.13. The van der Waals surface area contributed by atoms with Gasteiger partial charge in [-0.05, 0) is 43.2 Å². The topological polar surface area (TPSA) is 53.1 Å². The predicted molar refractivity (Wildman–Crippen MR) is 105 cm³/mol. The van der Waals surface area contributed by atoms with Crippen LogP contribution >= 0.6 is 0 Å². The number of anilines is 1. The molecule has 2 aromatic rings. The number of carbonyl (C=O) groups excluding carboxylic acids is 2. The van der Waals surface area contributed by atoms with E-state index in [0.717, 1.165) is 25.1 Å². The van der Waals surface area contributed by atoms with E-state index in [1.807, 2.05) is 25.1 Å². The predicted octanol–water partition coefficient (Wildman–Crippen LogP) is 2.62. The molecule has 0 unspecified atom stereocenters. The highest BCUT2D eigenvalue weighted by Crippen LogP contribution is 2.54. The maximum atomic E-state index is 13.6. The van der Waals surface area contributed by atoms with Gasteiger partial charge in [0.15, 0.2) is 0 Å². The second-order valence-corrected chi connectivity index (χ2v) is 7.80. The number of amides is 2. The Morgan fingerprint density at radius 3 is 2.39 bits per heavy atom. The Labute approximate surface area is 164 Å². The minimum Gasteiger partial charge on any atom is -0.497 e. The van der Waals surface area contributed by atoms with E-state index in [4.69, 9.17) is 4.74 Å². The lowest BCUT2D eigenvalue weighted by molar-refractivity contribution is -0.131. The Morgan fingerprint density at radius 1 is 1.00 bits per heavy atom. The molecule has 6 nitrogen and oxygen atoms in total. The monoisotopic (exact) mass is 377 g/mol. The van der Waals surface area contributed by atoms with Crippen LogP contribution in [0.15, 0.2) is 54.6 Å². The van der Waals surface area contributed by atoms with E-state index in [1.54, 1.807) is 31.4 Å². The standard InChI is InChI=1S/C22H23N3O3/c1-22-18(19(15-7-4-3-5-8-15)23-13-6-14-24(22)23)20(26)25(21(22)27)16-9-11-17(28-2)12-10-16/h3-5,7-12,18-19H,6,13-14H2,1-2H3/t18-,19+,22-/m1/s1. The summed E-state index contributed by atoms with van der Waals surface area (Å²) in [6.07, 6.45) is 0.996. The molecule has 28 heavy (non-hydrogen) atoms. The van der Waals surface area contributed by atoms with E-state index in [1.165, 1.54) is 4.90 Å². The molecule has 2 amide bonds. The van der Waals surface area contributed by atoms with Gasteiger partial charge in [-0.2, -0.15) is 0 Å². The number of imide groups is 1. The normalized spacial score (nSPS) is 30.0. The smallest absolute Gasteiger partial charge is 0.256 e. The Balaban J connectivity index is 1.61. The van der Waals surface area contributed by atoms with Crippen LogP contribution in [0.25, 0.3) is 0 Å². The van der Waals surface area contributed by atoms with Gasteiger partial charge in [-0.15, -0.1) is 0 Å². The van der Waals surface area contributed by atoms with Crippen molar-refractivity contribution in [3.63, 3.8) is 0 Å². The van der Waals surface area contributed by atoms with Gasteiger partial charge in [0, 0.05) is 13.1 Å². The summed E-state index contributed by atoms with van der Waals surface area (Å²) in [6, 6.07) is 17.1. The summed E-state index contributed by atoms with van der Waals surface area (Å²) in [5.41, 5.74) is 0.832. The molecule has 3 heterocycles. The van der Waals surface area contributed by atoms with E-state index in [2.05, 4.69) is 22.2 Å². The van der Waals surface area contributed by atoms with Gasteiger partial charge in [0.05, 0.1) is 24.8 Å². The lowest BCUT2D eigenvalue weighted by atomic mass is 9.81. The van der Waals surface area contributed by atoms with Crippen molar-refractivity contribution in [1.82, 2.24) is 10.0 Å². The summed E-state index contributed by atoms with van der Waals surface area (Å²) in [5.74, 6) is 0.00542. The largest absolute Gasteiger partial charge is 0.497 e. The third-order valence-corrected chi connectivity index (χ3v) is 6.44. The molecular weight excluding hydrogens is 354 g/mol. The lowest BCUT2D eigenvalue weighted by Gasteiger charge is -2.33. The van der Waals surface area contributed by atoms with E-state index in [0.29, 0.717) is 11.4 Å². The third-order valence-electron chi connectivity index (χ3n) is 6.44. The van der Waals surface area contributed by atoms with Gasteiger partial charge in [0.25, 0.3) is 5.91 Å². The van der Waals surface area contributed by atoms with E-state index in [9.17, 15) is 9.59 Å². The van der Waals surface area contributed by atoms with Crippen LogP contribution in [-0.4, -0.2) is 47.6 Å². The average Bonchev–Trinajstić information content (AvgIpc) is 3.35. The molecule has 0 aliphatic carbocycles. The zero-order chi connectivity index (χ0) is 19.5. The Hall–Kier alpha value is -2.70. The number of methoxy groups -OCH3 is 1. The van der Waals surface area contributed by atoms with Crippen molar-refractivity contribution in [3.05, 3.63) is 60.2 Å². The Kier molecular flexibility index (Phi) is 3.82. The minimum atomic E-state index is -0.853. The van der Waals surface area contributed by atoms with Crippen molar-refractivity contribution in [1.29, 1.82) is 0 Å². The summed E-state index contributed by atoms with van der Waals surface area (Å²) in [4.78, 5) is 28.6. The zero-order valence-corrected chi connectivity index (χ0v) is 16.0. The highest BCUT2D eigenvalue weighted by molar-refractivity contribution is 6.26. The SMILES string of the molecule is COc1ccc(N2C(=O)[C@H]3[C@H](c4ccccc4)N4CCCN4[C@@]3(C)C2=O)cc1. The first kappa shape index (κ1) is 17.4. The number of benzene rings is 2. The Bertz CT molecular complexity index is 930. The highest BCUT2D eigenvalue weighted by Gasteiger charge is 2.70. The van der Waals surface area contributed by atoms with E-state index < -0.39 is 11.5 Å². The molecule has 3 atom stereocenters. The number of hydrogen-bond acceptors (Lipinski definition) is 5. The number of rotatable bonds is 3. The molecular formula is C22H23N3O3. The van der Waals surface area contributed by atoms with Crippen molar-refractivity contribution in [2.75, 3.05) is 25.1 Å². The summed E-state index contributed by atoms with van der Waals surface area (Å²) in [7, 11) is 1.60. The molecule has 3 saturated heterocycles. The van der Waals surface area contributed by atoms with Gasteiger partial charge in [0.1, 0.15) is 11.3 Å². The fourth-order valence-corrected chi connectivity index (χ4v) is 5.13. The van der Waals surface area contributed by atoms with Crippen molar-refractivity contribution in [3.8, 4) is 5.75 Å². The molecule has 0 saturated carbocycles. The summed E-state index contributed by atoms with van der Waals surface area (Å²) in [5, 5.41) is 4.38. The molecule has 0 radical (unpaired) electrons. The third kappa shape index (κ3) is 2.16. The molecule has 0 bridgehead atoms. The lowest BCUT2D eigenvalue weighted by Crippen LogP contribution is -2.52. The van der Waals surface area contributed by atoms with Gasteiger partial charge in [-0.25, -0.2) is 14.9 Å². The first-order valence-corrected chi connectivity index (χ1v) is 9.69. The quantitative estimate of drug-likeness (QED) is 0.770. The van der Waals surface area contributed by atoms with Crippen molar-refractivity contribution in [2.45, 2.75) is 24.9 Å². The summed E-state index contributed by atoms with van der Waals surface area (Å²) >= 11 is 0. The van der Waals surface area contributed by atoms with Crippen LogP contribution in [0, 0.1) is 5.92 Å². The number of hydrogen-bond donors (Lipinski definition) is 0. The number of hydrazine groups is 1. The molecule has 3 aliphatic heterocycles. The fraction of sp³-hybridized carbons (Fsp3) is 0.364. The van der Waals surface area contributed by atoms with Crippen LogP contribution in [0.1, 0.15) is 24.9 Å². The minimum absolute atomic E-state index is 0.117. The van der Waals surface area contributed by atoms with Crippen molar-refractivity contribution >= 4 is 17.5 Å². The van der Waals surface area contributed by atoms with Crippen LogP contribution < -0.4 is 9.64 Å². The van der Waals surface area contributed by atoms with Crippen LogP contribution in [0.5, 0.6) is 5.75 Å². The van der Waals surface area contributed by atoms with Crippen molar-refractivity contribution < 1.29 is 14.3 Å². The maximum Gasteiger partial charge on any atom is 0.256 e. The second kappa shape index (κ2) is 6.15. The van der Waals surface area contributed by atoms with Gasteiger partial charge in [-0.3, -0.25) is 9.59 Å². The summed E-state index contributed by atoms with van der Waals surface area (Å²) < 4.78 is 5.21. The molecule has 0 N–H and O–H groups in total. The van der Waals surface area contributed by atoms with Gasteiger partial charge >= 0.3 is 0 Å². The summed E-state index contributed by atoms with van der Waals surface area (Å²) in [6.45, 7) is 3.60. The van der Waals surface area contributed by atoms with Gasteiger partial charge in [-0.1, -0.05) is 30.3 Å². The highest BCUT2D eigenvalue weighted by atomic mass is 16.5. The maximum absolute atomic E-state index is 13.6. The molecule has 6 heteroatoms. The number of ether oxygens (including phenoxy) is 1. The molecule has 0 aromatic heterocycles. The molecule has 144 valence electrons. The first-order valence-electron chi connectivity index (χ1n) is 9.69. The molecule has 3 fully saturated rings. The molecule has 5 rings (SSSR count). The van der Waals surface area contributed by atoms with Crippen LogP contribution in [0.2, 0.25) is 0 Å². The number of nitrogens with zero attached hydrogens (tertiary/aromatic N) is 3. The van der Waals surface area contributed by atoms with Crippen molar-refractivity contribution in [2.24, 2.45) is 5.92 Å². The molecule has 2 aromatic carbocycles. The van der Waals surface area contributed by atoms with Crippen LogP contribution in [-0.2, 0) is 9.59 Å². The number of carbonyl (C=O) groups is 2. The average molecular weight is 377 g/mol. The number of fused-ring (bicyclic) bond motifs is 3. The van der Waals surface area contributed by atoms with E-state index >= 15 is 0 Å². The van der Waals surface area contributed by atoms with E-state index in [-0.39, 0.29) is 17.9 Å². The first-order chi connectivity index (χ1) is 13.6. The second-order valence-electron chi connectivity index (χ2n) is 7.80. The molecule has 3 aliphatic rings. The van der Waals surface area contributed by atoms with Gasteiger partial charge < -0.3 is 4.74 Å². The van der Waals surface area contributed by atoms with Crippen LogP contribution in [0.3, 0.4) is 0 Å². The van der Waals surface area contributed by atoms with Gasteiger partial charge in [0.2, 0.25) is 5.91 Å². The van der Waals surface area contributed by atoms with Crippen LogP contribution in [0.4, 0.5) is 5.69 Å². The molecule has 0 spiro atoms. The zero-order valence-electron chi connectivity index (χ0n) is 16.0.